The average molecular weight is 412 g/mol. The third kappa shape index (κ3) is 3.80. The van der Waals surface area contributed by atoms with E-state index in [-0.39, 0.29) is 11.6 Å². The standard InChI is InChI=1S/C16H12Br2O3/c1-21-13-8-4-11(5-9-13)16(20)14(18)15(19)10-2-6-12(17)7-3-10/h2-9,14H,1H3. The highest BCUT2D eigenvalue weighted by atomic mass is 79.9. The van der Waals surface area contributed by atoms with Crippen LogP contribution in [0.25, 0.3) is 0 Å². The van der Waals surface area contributed by atoms with Crippen LogP contribution in [0.2, 0.25) is 0 Å². The van der Waals surface area contributed by atoms with Gasteiger partial charge in [-0.1, -0.05) is 44.0 Å². The smallest absolute Gasteiger partial charge is 0.184 e. The van der Waals surface area contributed by atoms with Crippen LogP contribution in [-0.4, -0.2) is 23.5 Å². The molecule has 108 valence electrons. The lowest BCUT2D eigenvalue weighted by Gasteiger charge is -2.09. The van der Waals surface area contributed by atoms with Crippen molar-refractivity contribution in [2.75, 3.05) is 7.11 Å². The fourth-order valence-corrected chi connectivity index (χ4v) is 2.57. The monoisotopic (exact) mass is 410 g/mol. The summed E-state index contributed by atoms with van der Waals surface area (Å²) < 4.78 is 5.92. The Morgan fingerprint density at radius 1 is 0.905 bits per heavy atom. The SMILES string of the molecule is COc1ccc(C(=O)C(Br)C(=O)c2ccc(Br)cc2)cc1. The van der Waals surface area contributed by atoms with Crippen molar-refractivity contribution < 1.29 is 14.3 Å². The molecule has 0 radical (unpaired) electrons. The lowest BCUT2D eigenvalue weighted by atomic mass is 10.0. The Hall–Kier alpha value is -1.46. The van der Waals surface area contributed by atoms with Crippen molar-refractivity contribution in [1.82, 2.24) is 0 Å². The molecule has 0 fully saturated rings. The maximum atomic E-state index is 12.3. The number of ketones is 2. The van der Waals surface area contributed by atoms with Crippen molar-refractivity contribution in [1.29, 1.82) is 0 Å². The number of hydrogen-bond acceptors (Lipinski definition) is 3. The number of ether oxygens (including phenoxy) is 1. The van der Waals surface area contributed by atoms with E-state index in [0.29, 0.717) is 16.9 Å². The van der Waals surface area contributed by atoms with Gasteiger partial charge in [-0.15, -0.1) is 0 Å². The van der Waals surface area contributed by atoms with Crippen LogP contribution in [0.1, 0.15) is 20.7 Å². The molecule has 0 saturated heterocycles. The van der Waals surface area contributed by atoms with E-state index in [1.165, 1.54) is 0 Å². The largest absolute Gasteiger partial charge is 0.497 e. The Morgan fingerprint density at radius 2 is 1.33 bits per heavy atom. The highest BCUT2D eigenvalue weighted by Gasteiger charge is 2.25. The highest BCUT2D eigenvalue weighted by Crippen LogP contribution is 2.19. The number of benzene rings is 2. The van der Waals surface area contributed by atoms with Gasteiger partial charge in [0, 0.05) is 15.6 Å². The average Bonchev–Trinajstić information content (AvgIpc) is 2.53. The van der Waals surface area contributed by atoms with Crippen molar-refractivity contribution >= 4 is 43.4 Å². The predicted octanol–water partition coefficient (Wildman–Crippen LogP) is 4.29. The molecule has 2 aromatic rings. The molecule has 5 heteroatoms. The molecule has 0 aliphatic carbocycles. The molecule has 1 atom stereocenters. The second-order valence-corrected chi connectivity index (χ2v) is 6.16. The summed E-state index contributed by atoms with van der Waals surface area (Å²) in [5.74, 6) is 0.130. The van der Waals surface area contributed by atoms with E-state index in [1.807, 2.05) is 0 Å². The molecule has 21 heavy (non-hydrogen) atoms. The zero-order valence-electron chi connectivity index (χ0n) is 11.2. The molecule has 0 spiro atoms. The molecule has 1 unspecified atom stereocenters. The van der Waals surface area contributed by atoms with Gasteiger partial charge < -0.3 is 4.74 Å². The van der Waals surface area contributed by atoms with Gasteiger partial charge in [-0.3, -0.25) is 9.59 Å². The van der Waals surface area contributed by atoms with Gasteiger partial charge in [-0.25, -0.2) is 0 Å². The number of alkyl halides is 1. The van der Waals surface area contributed by atoms with Gasteiger partial charge in [-0.2, -0.15) is 0 Å². The van der Waals surface area contributed by atoms with Gasteiger partial charge in [-0.05, 0) is 36.4 Å². The van der Waals surface area contributed by atoms with Crippen molar-refractivity contribution in [3.8, 4) is 5.75 Å². The number of Topliss-reactive ketones (excluding diaryl/α,β-unsaturated/α-hetero) is 2. The van der Waals surface area contributed by atoms with Crippen molar-refractivity contribution in [2.24, 2.45) is 0 Å². The molecule has 0 aromatic heterocycles. The van der Waals surface area contributed by atoms with E-state index in [9.17, 15) is 9.59 Å². The molecule has 0 bridgehead atoms. The second kappa shape index (κ2) is 7.00. The van der Waals surface area contributed by atoms with E-state index in [1.54, 1.807) is 55.6 Å². The second-order valence-electron chi connectivity index (χ2n) is 4.33. The summed E-state index contributed by atoms with van der Waals surface area (Å²) in [7, 11) is 1.56. The summed E-state index contributed by atoms with van der Waals surface area (Å²) in [6, 6.07) is 13.6. The zero-order valence-corrected chi connectivity index (χ0v) is 14.3. The minimum absolute atomic E-state index is 0.261. The summed E-state index contributed by atoms with van der Waals surface area (Å²) in [4.78, 5) is 23.7. The third-order valence-electron chi connectivity index (χ3n) is 2.96. The van der Waals surface area contributed by atoms with Crippen molar-refractivity contribution in [3.63, 3.8) is 0 Å². The number of halogens is 2. The molecular formula is C16H12Br2O3. The van der Waals surface area contributed by atoms with Crippen LogP contribution in [0, 0.1) is 0 Å². The van der Waals surface area contributed by atoms with Crippen LogP contribution in [0.15, 0.2) is 53.0 Å². The molecule has 2 rings (SSSR count). The molecule has 2 aromatic carbocycles. The van der Waals surface area contributed by atoms with Gasteiger partial charge in [0.2, 0.25) is 0 Å². The number of methoxy groups -OCH3 is 1. The first-order valence-electron chi connectivity index (χ1n) is 6.15. The predicted molar refractivity (Wildman–Crippen MR) is 88.5 cm³/mol. The maximum absolute atomic E-state index is 12.3. The summed E-state index contributed by atoms with van der Waals surface area (Å²) >= 11 is 6.50. The fraction of sp³-hybridized carbons (Fsp3) is 0.125. The molecular weight excluding hydrogens is 400 g/mol. The lowest BCUT2D eigenvalue weighted by molar-refractivity contribution is 0.0906. The molecule has 3 nitrogen and oxygen atoms in total. The molecule has 0 aliphatic heterocycles. The van der Waals surface area contributed by atoms with E-state index in [2.05, 4.69) is 31.9 Å². The Kier molecular flexibility index (Phi) is 5.31. The molecule has 0 N–H and O–H groups in total. The first-order chi connectivity index (χ1) is 10.0. The first-order valence-corrected chi connectivity index (χ1v) is 7.86. The molecule has 0 saturated carbocycles. The van der Waals surface area contributed by atoms with E-state index in [0.717, 1.165) is 4.47 Å². The van der Waals surface area contributed by atoms with Crippen LogP contribution >= 0.6 is 31.9 Å². The Balaban J connectivity index is 2.17. The topological polar surface area (TPSA) is 43.4 Å². The third-order valence-corrected chi connectivity index (χ3v) is 4.32. The van der Waals surface area contributed by atoms with E-state index < -0.39 is 4.83 Å². The Bertz CT molecular complexity index is 648. The van der Waals surface area contributed by atoms with Crippen LogP contribution in [0.3, 0.4) is 0 Å². The normalized spacial score (nSPS) is 11.8. The Labute approximate surface area is 139 Å². The quantitative estimate of drug-likeness (QED) is 0.418. The van der Waals surface area contributed by atoms with Crippen LogP contribution in [0.5, 0.6) is 5.75 Å². The Morgan fingerprint density at radius 3 is 1.76 bits per heavy atom. The molecule has 0 amide bonds. The fourth-order valence-electron chi connectivity index (χ4n) is 1.78. The van der Waals surface area contributed by atoms with Crippen LogP contribution < -0.4 is 4.74 Å². The molecule has 0 aliphatic rings. The number of carbonyl (C=O) groups is 2. The van der Waals surface area contributed by atoms with Gasteiger partial charge in [0.1, 0.15) is 10.6 Å². The van der Waals surface area contributed by atoms with Gasteiger partial charge in [0.25, 0.3) is 0 Å². The summed E-state index contributed by atoms with van der Waals surface area (Å²) in [5, 5.41) is 0. The summed E-state index contributed by atoms with van der Waals surface area (Å²) in [6.45, 7) is 0. The number of hydrogen-bond donors (Lipinski definition) is 0. The number of rotatable bonds is 5. The maximum Gasteiger partial charge on any atom is 0.184 e. The number of carbonyl (C=O) groups excluding carboxylic acids is 2. The molecule has 0 heterocycles. The minimum Gasteiger partial charge on any atom is -0.497 e. The zero-order chi connectivity index (χ0) is 15.4. The minimum atomic E-state index is -0.896. The first kappa shape index (κ1) is 15.9. The van der Waals surface area contributed by atoms with Crippen LogP contribution in [-0.2, 0) is 0 Å². The lowest BCUT2D eigenvalue weighted by Crippen LogP contribution is -2.24. The van der Waals surface area contributed by atoms with Crippen molar-refractivity contribution in [2.45, 2.75) is 4.83 Å². The van der Waals surface area contributed by atoms with Gasteiger partial charge >= 0.3 is 0 Å². The van der Waals surface area contributed by atoms with Crippen LogP contribution in [0.4, 0.5) is 0 Å². The van der Waals surface area contributed by atoms with E-state index >= 15 is 0 Å². The highest BCUT2D eigenvalue weighted by molar-refractivity contribution is 9.10. The summed E-state index contributed by atoms with van der Waals surface area (Å²) in [6.07, 6.45) is 0. The van der Waals surface area contributed by atoms with Crippen molar-refractivity contribution in [3.05, 3.63) is 64.1 Å². The van der Waals surface area contributed by atoms with Gasteiger partial charge in [0.15, 0.2) is 11.6 Å². The van der Waals surface area contributed by atoms with Gasteiger partial charge in [0.05, 0.1) is 7.11 Å². The summed E-state index contributed by atoms with van der Waals surface area (Å²) in [5.41, 5.74) is 0.949. The van der Waals surface area contributed by atoms with E-state index in [4.69, 9.17) is 4.74 Å².